The first-order valence-electron chi connectivity index (χ1n) is 6.15. The maximum atomic E-state index is 12.7. The second-order valence-corrected chi connectivity index (χ2v) is 4.35. The molecule has 0 fully saturated rings. The van der Waals surface area contributed by atoms with Crippen LogP contribution in [0.1, 0.15) is 10.4 Å². The quantitative estimate of drug-likeness (QED) is 0.720. The topological polar surface area (TPSA) is 42.0 Å². The average molecular weight is 266 g/mol. The van der Waals surface area contributed by atoms with Crippen molar-refractivity contribution in [2.24, 2.45) is 0 Å². The molecule has 0 aliphatic heterocycles. The van der Waals surface area contributed by atoms with Gasteiger partial charge in [-0.25, -0.2) is 4.98 Å². The number of fused-ring (bicyclic) bond motifs is 1. The molecule has 3 aromatic rings. The van der Waals surface area contributed by atoms with Crippen LogP contribution < -0.4 is 5.32 Å². The van der Waals surface area contributed by atoms with Gasteiger partial charge in [0.15, 0.2) is 0 Å². The number of benzene rings is 2. The summed E-state index contributed by atoms with van der Waals surface area (Å²) in [4.78, 5) is 15.8. The Hall–Kier alpha value is -2.75. The van der Waals surface area contributed by atoms with Crippen molar-refractivity contribution in [1.29, 1.82) is 0 Å². The van der Waals surface area contributed by atoms with Crippen LogP contribution in [-0.4, -0.2) is 10.9 Å². The molecule has 1 N–H and O–H groups in total. The highest BCUT2D eigenvalue weighted by atomic mass is 19.1. The predicted octanol–water partition coefficient (Wildman–Crippen LogP) is 3.63. The number of nitrogens with zero attached hydrogens (tertiary/aromatic N) is 1. The largest absolute Gasteiger partial charge is 0.321 e. The van der Waals surface area contributed by atoms with Crippen molar-refractivity contribution in [1.82, 2.24) is 4.98 Å². The lowest BCUT2D eigenvalue weighted by molar-refractivity contribution is 0.102. The summed E-state index contributed by atoms with van der Waals surface area (Å²) in [6.45, 7) is 0. The Kier molecular flexibility index (Phi) is 3.13. The van der Waals surface area contributed by atoms with Gasteiger partial charge in [0, 0.05) is 5.56 Å². The molecule has 0 bridgehead atoms. The van der Waals surface area contributed by atoms with Gasteiger partial charge in [-0.15, -0.1) is 0 Å². The van der Waals surface area contributed by atoms with E-state index in [4.69, 9.17) is 0 Å². The maximum Gasteiger partial charge on any atom is 0.256 e. The first-order chi connectivity index (χ1) is 9.74. The van der Waals surface area contributed by atoms with Gasteiger partial charge in [0.2, 0.25) is 5.95 Å². The summed E-state index contributed by atoms with van der Waals surface area (Å²) in [5, 5.41) is 4.58. The molecule has 4 heteroatoms. The smallest absolute Gasteiger partial charge is 0.256 e. The molecule has 0 atom stereocenters. The van der Waals surface area contributed by atoms with Crippen molar-refractivity contribution in [3.8, 4) is 0 Å². The van der Waals surface area contributed by atoms with E-state index in [2.05, 4.69) is 10.3 Å². The molecule has 3 rings (SSSR count). The summed E-state index contributed by atoms with van der Waals surface area (Å²) in [5.74, 6) is -0.816. The van der Waals surface area contributed by atoms with E-state index in [1.807, 2.05) is 36.4 Å². The third-order valence-corrected chi connectivity index (χ3v) is 3.02. The van der Waals surface area contributed by atoms with E-state index in [-0.39, 0.29) is 5.91 Å². The van der Waals surface area contributed by atoms with E-state index in [0.717, 1.165) is 10.8 Å². The van der Waals surface area contributed by atoms with Gasteiger partial charge in [0.1, 0.15) is 0 Å². The Morgan fingerprint density at radius 2 is 1.80 bits per heavy atom. The third kappa shape index (κ3) is 2.36. The summed E-state index contributed by atoms with van der Waals surface area (Å²) in [5.41, 5.74) is 1.04. The Balaban J connectivity index is 1.94. The number of pyridine rings is 1. The van der Waals surface area contributed by atoms with E-state index in [9.17, 15) is 9.18 Å². The molecule has 0 saturated heterocycles. The molecular formula is C16H11FN2O. The Morgan fingerprint density at radius 3 is 2.60 bits per heavy atom. The van der Waals surface area contributed by atoms with Gasteiger partial charge in [0.05, 0.1) is 11.9 Å². The van der Waals surface area contributed by atoms with E-state index in [1.54, 1.807) is 6.07 Å². The summed E-state index contributed by atoms with van der Waals surface area (Å²) in [6, 6.07) is 15.9. The first-order valence-corrected chi connectivity index (χ1v) is 6.15. The van der Waals surface area contributed by atoms with Gasteiger partial charge < -0.3 is 5.32 Å². The van der Waals surface area contributed by atoms with Crippen LogP contribution in [0.3, 0.4) is 0 Å². The summed E-state index contributed by atoms with van der Waals surface area (Å²) in [6.07, 6.45) is 1.29. The van der Waals surface area contributed by atoms with Gasteiger partial charge in [0.25, 0.3) is 5.91 Å². The fraction of sp³-hybridized carbons (Fsp3) is 0. The summed E-state index contributed by atoms with van der Waals surface area (Å²) < 4.78 is 12.7. The number of hydrogen-bond acceptors (Lipinski definition) is 2. The van der Waals surface area contributed by atoms with Crippen molar-refractivity contribution >= 4 is 22.4 Å². The molecule has 2 aromatic carbocycles. The molecule has 98 valence electrons. The van der Waals surface area contributed by atoms with Gasteiger partial charge >= 0.3 is 0 Å². The highest BCUT2D eigenvalue weighted by Crippen LogP contribution is 2.19. The first kappa shape index (κ1) is 12.3. The number of halogens is 1. The number of hydrogen-bond donors (Lipinski definition) is 1. The number of aromatic nitrogens is 1. The summed E-state index contributed by atoms with van der Waals surface area (Å²) >= 11 is 0. The van der Waals surface area contributed by atoms with Crippen molar-refractivity contribution in [3.63, 3.8) is 0 Å². The van der Waals surface area contributed by atoms with Crippen LogP contribution in [0.25, 0.3) is 10.8 Å². The Morgan fingerprint density at radius 1 is 1.00 bits per heavy atom. The minimum atomic E-state index is -0.576. The van der Waals surface area contributed by atoms with Gasteiger partial charge in [-0.3, -0.25) is 4.79 Å². The van der Waals surface area contributed by atoms with Crippen LogP contribution >= 0.6 is 0 Å². The zero-order valence-corrected chi connectivity index (χ0v) is 10.5. The molecule has 0 aliphatic carbocycles. The molecule has 0 unspecified atom stereocenters. The van der Waals surface area contributed by atoms with Crippen LogP contribution in [0.15, 0.2) is 60.8 Å². The summed E-state index contributed by atoms with van der Waals surface area (Å²) in [7, 11) is 0. The third-order valence-electron chi connectivity index (χ3n) is 3.02. The Bertz CT molecular complexity index is 764. The van der Waals surface area contributed by atoms with E-state index in [1.165, 1.54) is 18.3 Å². The second kappa shape index (κ2) is 5.09. The maximum absolute atomic E-state index is 12.7. The molecular weight excluding hydrogens is 255 g/mol. The number of amides is 1. The van der Waals surface area contributed by atoms with Crippen LogP contribution in [-0.2, 0) is 0 Å². The zero-order valence-electron chi connectivity index (χ0n) is 10.5. The highest BCUT2D eigenvalue weighted by Gasteiger charge is 2.09. The number of anilines is 1. The Labute approximate surface area is 115 Å². The molecule has 0 saturated carbocycles. The molecule has 1 heterocycles. The number of nitrogens with one attached hydrogen (secondary N) is 1. The van der Waals surface area contributed by atoms with E-state index >= 15 is 0 Å². The standard InChI is InChI=1S/C16H11FN2O/c17-15-9-8-12(10-18-15)19-16(20)14-7-3-5-11-4-1-2-6-13(11)14/h1-10H,(H,19,20). The number of carbonyl (C=O) groups excluding carboxylic acids is 1. The minimum absolute atomic E-state index is 0.241. The fourth-order valence-corrected chi connectivity index (χ4v) is 2.07. The highest BCUT2D eigenvalue weighted by molar-refractivity contribution is 6.12. The SMILES string of the molecule is O=C(Nc1ccc(F)nc1)c1cccc2ccccc12. The van der Waals surface area contributed by atoms with Gasteiger partial charge in [-0.2, -0.15) is 4.39 Å². The van der Waals surface area contributed by atoms with Crippen molar-refractivity contribution in [2.45, 2.75) is 0 Å². The monoisotopic (exact) mass is 266 g/mol. The van der Waals surface area contributed by atoms with Gasteiger partial charge in [-0.05, 0) is 29.0 Å². The number of carbonyl (C=O) groups is 1. The van der Waals surface area contributed by atoms with Crippen molar-refractivity contribution in [3.05, 3.63) is 72.3 Å². The lowest BCUT2D eigenvalue weighted by Crippen LogP contribution is -2.12. The van der Waals surface area contributed by atoms with Crippen LogP contribution in [0, 0.1) is 5.95 Å². The van der Waals surface area contributed by atoms with Crippen LogP contribution in [0.2, 0.25) is 0 Å². The van der Waals surface area contributed by atoms with E-state index < -0.39 is 5.95 Å². The van der Waals surface area contributed by atoms with Crippen LogP contribution in [0.5, 0.6) is 0 Å². The molecule has 0 radical (unpaired) electrons. The minimum Gasteiger partial charge on any atom is -0.321 e. The molecule has 0 aliphatic rings. The van der Waals surface area contributed by atoms with Crippen LogP contribution in [0.4, 0.5) is 10.1 Å². The predicted molar refractivity (Wildman–Crippen MR) is 76.1 cm³/mol. The van der Waals surface area contributed by atoms with E-state index in [0.29, 0.717) is 11.3 Å². The molecule has 0 spiro atoms. The molecule has 1 amide bonds. The lowest BCUT2D eigenvalue weighted by Gasteiger charge is -2.07. The number of rotatable bonds is 2. The van der Waals surface area contributed by atoms with Crippen molar-refractivity contribution < 1.29 is 9.18 Å². The second-order valence-electron chi connectivity index (χ2n) is 4.35. The molecule has 20 heavy (non-hydrogen) atoms. The molecule has 3 nitrogen and oxygen atoms in total. The fourth-order valence-electron chi connectivity index (χ4n) is 2.07. The van der Waals surface area contributed by atoms with Gasteiger partial charge in [-0.1, -0.05) is 36.4 Å². The lowest BCUT2D eigenvalue weighted by atomic mass is 10.0. The average Bonchev–Trinajstić information content (AvgIpc) is 2.49. The molecule has 1 aromatic heterocycles. The van der Waals surface area contributed by atoms with Crippen molar-refractivity contribution in [2.75, 3.05) is 5.32 Å². The zero-order chi connectivity index (χ0) is 13.9. The normalized spacial score (nSPS) is 10.4.